The third-order valence-corrected chi connectivity index (χ3v) is 6.35. The van der Waals surface area contributed by atoms with Gasteiger partial charge in [0.15, 0.2) is 5.76 Å². The first-order valence-corrected chi connectivity index (χ1v) is 10.0. The highest BCUT2D eigenvalue weighted by molar-refractivity contribution is 5.91. The molecule has 146 valence electrons. The predicted molar refractivity (Wildman–Crippen MR) is 100 cm³/mol. The van der Waals surface area contributed by atoms with Gasteiger partial charge in [0.1, 0.15) is 0 Å². The number of ether oxygens (including phenoxy) is 1. The van der Waals surface area contributed by atoms with Crippen molar-refractivity contribution in [2.75, 3.05) is 19.6 Å². The summed E-state index contributed by atoms with van der Waals surface area (Å²) in [6.07, 6.45) is 10.2. The Labute approximate surface area is 159 Å². The third-order valence-electron chi connectivity index (χ3n) is 6.35. The molecule has 0 saturated carbocycles. The van der Waals surface area contributed by atoms with Crippen LogP contribution in [-0.2, 0) is 9.53 Å². The number of carbonyl (C=O) groups is 2. The van der Waals surface area contributed by atoms with Crippen LogP contribution in [0.25, 0.3) is 0 Å². The van der Waals surface area contributed by atoms with Crippen LogP contribution in [0.1, 0.15) is 49.6 Å². The van der Waals surface area contributed by atoms with E-state index in [-0.39, 0.29) is 29.4 Å². The van der Waals surface area contributed by atoms with E-state index in [0.717, 1.165) is 25.7 Å². The lowest BCUT2D eigenvalue weighted by Gasteiger charge is -2.29. The molecule has 4 heterocycles. The summed E-state index contributed by atoms with van der Waals surface area (Å²) in [6.45, 7) is 3.94. The second-order valence-corrected chi connectivity index (χ2v) is 7.96. The van der Waals surface area contributed by atoms with E-state index in [2.05, 4.69) is 11.4 Å². The maximum Gasteiger partial charge on any atom is 0.289 e. The molecule has 1 N–H and O–H groups in total. The molecule has 3 saturated heterocycles. The van der Waals surface area contributed by atoms with Gasteiger partial charge in [-0.1, -0.05) is 12.2 Å². The van der Waals surface area contributed by atoms with Gasteiger partial charge in [-0.05, 0) is 44.7 Å². The van der Waals surface area contributed by atoms with Crippen LogP contribution in [0.4, 0.5) is 0 Å². The van der Waals surface area contributed by atoms with Gasteiger partial charge in [-0.25, -0.2) is 0 Å². The minimum Gasteiger partial charge on any atom is -0.459 e. The number of furan rings is 1. The summed E-state index contributed by atoms with van der Waals surface area (Å²) in [5.41, 5.74) is -0.228. The Hall–Kier alpha value is -2.08. The van der Waals surface area contributed by atoms with Crippen molar-refractivity contribution >= 4 is 11.8 Å². The van der Waals surface area contributed by atoms with Crippen LogP contribution in [0.3, 0.4) is 0 Å². The normalized spacial score (nSPS) is 31.6. The topological polar surface area (TPSA) is 71.8 Å². The second kappa shape index (κ2) is 7.50. The van der Waals surface area contributed by atoms with Crippen LogP contribution in [0.5, 0.6) is 0 Å². The van der Waals surface area contributed by atoms with Crippen LogP contribution < -0.4 is 5.32 Å². The average Bonchev–Trinajstić information content (AvgIpc) is 3.43. The number of unbranched alkanes of at least 4 members (excludes halogenated alkanes) is 1. The number of nitrogens with one attached hydrogen (secondary N) is 1. The Morgan fingerprint density at radius 1 is 1.44 bits per heavy atom. The molecule has 0 aliphatic carbocycles. The van der Waals surface area contributed by atoms with Gasteiger partial charge in [0.2, 0.25) is 5.91 Å². The van der Waals surface area contributed by atoms with Gasteiger partial charge in [-0.3, -0.25) is 9.59 Å². The maximum absolute atomic E-state index is 12.7. The Morgan fingerprint density at radius 2 is 2.33 bits per heavy atom. The monoisotopic (exact) mass is 372 g/mol. The fourth-order valence-corrected chi connectivity index (χ4v) is 5.04. The summed E-state index contributed by atoms with van der Waals surface area (Å²) in [5.74, 6) is 0.999. The van der Waals surface area contributed by atoms with Crippen molar-refractivity contribution in [3.05, 3.63) is 36.3 Å². The second-order valence-electron chi connectivity index (χ2n) is 7.96. The molecule has 0 radical (unpaired) electrons. The Kier molecular flexibility index (Phi) is 5.08. The zero-order valence-electron chi connectivity index (χ0n) is 15.9. The first kappa shape index (κ1) is 18.3. The van der Waals surface area contributed by atoms with Gasteiger partial charge < -0.3 is 19.4 Å². The van der Waals surface area contributed by atoms with Crippen molar-refractivity contribution in [2.45, 2.75) is 50.7 Å². The van der Waals surface area contributed by atoms with E-state index >= 15 is 0 Å². The van der Waals surface area contributed by atoms with Crippen LogP contribution in [0.15, 0.2) is 35.0 Å². The highest BCUT2D eigenvalue weighted by atomic mass is 16.5. The molecule has 0 unspecified atom stereocenters. The van der Waals surface area contributed by atoms with Gasteiger partial charge in [-0.15, -0.1) is 0 Å². The van der Waals surface area contributed by atoms with Gasteiger partial charge >= 0.3 is 0 Å². The molecule has 4 atom stereocenters. The first-order chi connectivity index (χ1) is 13.1. The molecule has 2 bridgehead atoms. The molecule has 1 spiro atoms. The van der Waals surface area contributed by atoms with E-state index in [1.165, 1.54) is 6.26 Å². The Balaban J connectivity index is 1.34. The molecule has 3 fully saturated rings. The molecule has 2 amide bonds. The zero-order valence-corrected chi connectivity index (χ0v) is 15.9. The fraction of sp³-hybridized carbons (Fsp3) is 0.619. The average molecular weight is 372 g/mol. The van der Waals surface area contributed by atoms with Crippen molar-refractivity contribution in [1.82, 2.24) is 10.2 Å². The predicted octanol–water partition coefficient (Wildman–Crippen LogP) is 2.76. The van der Waals surface area contributed by atoms with Gasteiger partial charge in [0.05, 0.1) is 24.5 Å². The SMILES string of the molecule is CC=CCCCC(=O)NC[C@H]1[C@H]2CN(C(=O)c3ccco3)C[C@]23CC[C@H]1O3. The molecular formula is C21H28N2O4. The summed E-state index contributed by atoms with van der Waals surface area (Å²) in [5, 5.41) is 3.10. The Morgan fingerprint density at radius 3 is 3.11 bits per heavy atom. The van der Waals surface area contributed by atoms with Crippen LogP contribution in [-0.4, -0.2) is 48.1 Å². The number of hydrogen-bond donors (Lipinski definition) is 1. The summed E-state index contributed by atoms with van der Waals surface area (Å²) in [7, 11) is 0. The number of carbonyl (C=O) groups excluding carboxylic acids is 2. The number of hydrogen-bond acceptors (Lipinski definition) is 4. The highest BCUT2D eigenvalue weighted by Gasteiger charge is 2.63. The van der Waals surface area contributed by atoms with Crippen LogP contribution >= 0.6 is 0 Å². The molecule has 1 aromatic heterocycles. The summed E-state index contributed by atoms with van der Waals surface area (Å²) >= 11 is 0. The van der Waals surface area contributed by atoms with E-state index in [4.69, 9.17) is 9.15 Å². The molecule has 3 aliphatic heterocycles. The van der Waals surface area contributed by atoms with E-state index in [9.17, 15) is 9.59 Å². The lowest BCUT2D eigenvalue weighted by atomic mass is 9.73. The fourth-order valence-electron chi connectivity index (χ4n) is 5.04. The molecular weight excluding hydrogens is 344 g/mol. The quantitative estimate of drug-likeness (QED) is 0.590. The van der Waals surface area contributed by atoms with Crippen LogP contribution in [0.2, 0.25) is 0 Å². The number of amides is 2. The minimum absolute atomic E-state index is 0.0670. The van der Waals surface area contributed by atoms with Crippen molar-refractivity contribution in [3.63, 3.8) is 0 Å². The van der Waals surface area contributed by atoms with Crippen molar-refractivity contribution < 1.29 is 18.7 Å². The third kappa shape index (κ3) is 3.43. The summed E-state index contributed by atoms with van der Waals surface area (Å²) in [4.78, 5) is 26.6. The Bertz CT molecular complexity index is 714. The lowest BCUT2D eigenvalue weighted by molar-refractivity contribution is -0.121. The maximum atomic E-state index is 12.7. The number of nitrogens with zero attached hydrogens (tertiary/aromatic N) is 1. The van der Waals surface area contributed by atoms with Crippen molar-refractivity contribution in [3.8, 4) is 0 Å². The first-order valence-electron chi connectivity index (χ1n) is 10.0. The summed E-state index contributed by atoms with van der Waals surface area (Å²) in [6, 6.07) is 3.44. The van der Waals surface area contributed by atoms with E-state index in [0.29, 0.717) is 37.7 Å². The number of fused-ring (bicyclic) bond motifs is 1. The van der Waals surface area contributed by atoms with Gasteiger partial charge in [-0.2, -0.15) is 0 Å². The molecule has 0 aromatic carbocycles. The van der Waals surface area contributed by atoms with Gasteiger partial charge in [0.25, 0.3) is 5.91 Å². The van der Waals surface area contributed by atoms with Crippen molar-refractivity contribution in [2.24, 2.45) is 11.8 Å². The number of rotatable bonds is 7. The van der Waals surface area contributed by atoms with Crippen LogP contribution in [0, 0.1) is 11.8 Å². The number of allylic oxidation sites excluding steroid dienone is 2. The zero-order chi connectivity index (χ0) is 18.9. The standard InChI is InChI=1S/C21H28N2O4/c1-2-3-4-5-8-19(24)22-12-15-16-13-23(20(25)18-7-6-11-26-18)14-21(16)10-9-17(15)27-21/h2-3,6-7,11,15-17H,4-5,8-10,12-14H2,1H3,(H,22,24)/t15-,16+,17+,21+/m0/s1. The molecule has 6 nitrogen and oxygen atoms in total. The van der Waals surface area contributed by atoms with E-state index < -0.39 is 0 Å². The smallest absolute Gasteiger partial charge is 0.289 e. The highest BCUT2D eigenvalue weighted by Crippen LogP contribution is 2.54. The minimum atomic E-state index is -0.228. The van der Waals surface area contributed by atoms with E-state index in [1.54, 1.807) is 12.1 Å². The molecule has 4 rings (SSSR count). The molecule has 3 aliphatic rings. The lowest BCUT2D eigenvalue weighted by Crippen LogP contribution is -2.41. The largest absolute Gasteiger partial charge is 0.459 e. The number of likely N-dealkylation sites (tertiary alicyclic amines) is 1. The van der Waals surface area contributed by atoms with Gasteiger partial charge in [0, 0.05) is 31.3 Å². The molecule has 1 aromatic rings. The molecule has 27 heavy (non-hydrogen) atoms. The summed E-state index contributed by atoms with van der Waals surface area (Å²) < 4.78 is 11.6. The molecule has 6 heteroatoms. The van der Waals surface area contributed by atoms with E-state index in [1.807, 2.05) is 17.9 Å². The van der Waals surface area contributed by atoms with Crippen molar-refractivity contribution in [1.29, 1.82) is 0 Å².